The predicted octanol–water partition coefficient (Wildman–Crippen LogP) is 7.39. The molecular formula is C39H38FN5O3S. The first kappa shape index (κ1) is 31.3. The Labute approximate surface area is 286 Å². The molecule has 3 aliphatic rings. The number of amides is 2. The van der Waals surface area contributed by atoms with Crippen LogP contribution in [0.15, 0.2) is 113 Å². The number of urea groups is 1. The molecule has 2 aliphatic carbocycles. The molecule has 0 radical (unpaired) electrons. The van der Waals surface area contributed by atoms with E-state index < -0.39 is 27.7 Å². The van der Waals surface area contributed by atoms with Crippen molar-refractivity contribution < 1.29 is 18.1 Å². The van der Waals surface area contributed by atoms with E-state index in [1.807, 2.05) is 91.0 Å². The van der Waals surface area contributed by atoms with Gasteiger partial charge in [0.05, 0.1) is 19.3 Å². The maximum atomic E-state index is 15.9. The van der Waals surface area contributed by atoms with E-state index in [4.69, 9.17) is 9.10 Å². The van der Waals surface area contributed by atoms with Crippen LogP contribution < -0.4 is 14.8 Å². The van der Waals surface area contributed by atoms with Crippen molar-refractivity contribution in [3.63, 3.8) is 0 Å². The molecule has 0 spiro atoms. The molecule has 0 saturated carbocycles. The number of aromatic nitrogens is 2. The van der Waals surface area contributed by atoms with Gasteiger partial charge in [0.15, 0.2) is 9.92 Å². The summed E-state index contributed by atoms with van der Waals surface area (Å²) in [6.45, 7) is 3.04. The van der Waals surface area contributed by atoms with Crippen LogP contribution in [0.3, 0.4) is 0 Å². The van der Waals surface area contributed by atoms with E-state index in [1.165, 1.54) is 6.20 Å². The number of fused-ring (bicyclic) bond motifs is 3. The van der Waals surface area contributed by atoms with Gasteiger partial charge in [-0.1, -0.05) is 104 Å². The van der Waals surface area contributed by atoms with Crippen LogP contribution in [0, 0.1) is 5.92 Å². The fraction of sp³-hybridized carbons (Fsp3) is 0.282. The Hall–Kier alpha value is -4.96. The molecule has 3 atom stereocenters. The number of carbonyl (C=O) groups is 1. The van der Waals surface area contributed by atoms with Crippen molar-refractivity contribution in [1.29, 1.82) is 0 Å². The van der Waals surface area contributed by atoms with Crippen LogP contribution in [0.25, 0.3) is 0 Å². The predicted molar refractivity (Wildman–Crippen MR) is 188 cm³/mol. The number of hydrogen-bond acceptors (Lipinski definition) is 5. The first-order valence-electron chi connectivity index (χ1n) is 16.9. The summed E-state index contributed by atoms with van der Waals surface area (Å²) in [5.41, 5.74) is 5.53. The van der Waals surface area contributed by atoms with Crippen LogP contribution >= 0.6 is 0 Å². The Morgan fingerprint density at radius 3 is 2.18 bits per heavy atom. The topological polar surface area (TPSA) is 97.6 Å². The number of anilines is 1. The third-order valence-corrected chi connectivity index (χ3v) is 11.7. The lowest BCUT2D eigenvalue weighted by Gasteiger charge is -2.33. The Morgan fingerprint density at radius 1 is 0.918 bits per heavy atom. The second-order valence-corrected chi connectivity index (χ2v) is 15.2. The third kappa shape index (κ3) is 5.57. The molecule has 2 N–H and O–H groups in total. The molecule has 49 heavy (non-hydrogen) atoms. The number of carbonyl (C=O) groups excluding carboxylic acids is 1. The van der Waals surface area contributed by atoms with Crippen molar-refractivity contribution in [3.8, 4) is 5.88 Å². The number of benzene rings is 4. The van der Waals surface area contributed by atoms with Crippen molar-refractivity contribution in [3.05, 3.63) is 142 Å². The smallest absolute Gasteiger partial charge is 0.331 e. The minimum Gasteiger partial charge on any atom is -0.477 e. The summed E-state index contributed by atoms with van der Waals surface area (Å²) in [6, 6.07) is 30.5. The van der Waals surface area contributed by atoms with Gasteiger partial charge in [0.1, 0.15) is 16.6 Å². The first-order valence-corrected chi connectivity index (χ1v) is 18.4. The van der Waals surface area contributed by atoms with Crippen molar-refractivity contribution >= 4 is 21.6 Å². The SMILES string of the molecule is C[C@@H]1COc2c([S@](=O)(=NC(c3ccccc3)(c3ccccc3)c3ccccc3)NC(=O)Nc3c4c(cc5c3C[C@H](F)C5)CCC4)cnn2C1. The third-order valence-electron chi connectivity index (χ3n) is 9.82. The minimum atomic E-state index is -3.86. The summed E-state index contributed by atoms with van der Waals surface area (Å²) < 4.78 is 46.7. The molecular weight excluding hydrogens is 638 g/mol. The van der Waals surface area contributed by atoms with E-state index in [9.17, 15) is 9.18 Å². The molecule has 8 rings (SSSR count). The fourth-order valence-corrected chi connectivity index (χ4v) is 9.47. The van der Waals surface area contributed by atoms with Gasteiger partial charge in [-0.2, -0.15) is 9.46 Å². The molecule has 1 aromatic heterocycles. The summed E-state index contributed by atoms with van der Waals surface area (Å²) in [5.74, 6) is 0.514. The second kappa shape index (κ2) is 12.5. The zero-order valence-electron chi connectivity index (χ0n) is 27.3. The summed E-state index contributed by atoms with van der Waals surface area (Å²) in [4.78, 5) is 14.5. The van der Waals surface area contributed by atoms with Crippen molar-refractivity contribution in [2.45, 2.75) is 62.2 Å². The number of aryl methyl sites for hydroxylation is 1. The summed E-state index contributed by atoms with van der Waals surface area (Å²) in [6.07, 6.45) is 3.70. The average Bonchev–Trinajstić information content (AvgIpc) is 3.86. The fourth-order valence-electron chi connectivity index (χ4n) is 7.62. The van der Waals surface area contributed by atoms with Crippen LogP contribution in [0.2, 0.25) is 0 Å². The van der Waals surface area contributed by atoms with Crippen LogP contribution in [0.1, 0.15) is 52.3 Å². The van der Waals surface area contributed by atoms with E-state index in [0.29, 0.717) is 31.1 Å². The maximum Gasteiger partial charge on any atom is 0.331 e. The van der Waals surface area contributed by atoms with E-state index >= 15 is 4.21 Å². The van der Waals surface area contributed by atoms with Crippen molar-refractivity contribution in [1.82, 2.24) is 14.5 Å². The maximum absolute atomic E-state index is 15.9. The molecule has 5 aromatic rings. The molecule has 4 aromatic carbocycles. The van der Waals surface area contributed by atoms with E-state index in [0.717, 1.165) is 58.2 Å². The largest absolute Gasteiger partial charge is 0.477 e. The number of nitrogens with zero attached hydrogens (tertiary/aromatic N) is 3. The number of hydrogen-bond donors (Lipinski definition) is 2. The van der Waals surface area contributed by atoms with Gasteiger partial charge in [-0.25, -0.2) is 22.8 Å². The summed E-state index contributed by atoms with van der Waals surface area (Å²) >= 11 is 0. The molecule has 2 amide bonds. The highest BCUT2D eigenvalue weighted by Crippen LogP contribution is 2.44. The second-order valence-electron chi connectivity index (χ2n) is 13.3. The van der Waals surface area contributed by atoms with E-state index in [2.05, 4.69) is 28.1 Å². The Balaban J connectivity index is 1.34. The molecule has 0 bridgehead atoms. The summed E-state index contributed by atoms with van der Waals surface area (Å²) in [7, 11) is -3.86. The monoisotopic (exact) mass is 675 g/mol. The van der Waals surface area contributed by atoms with Crippen molar-refractivity contribution in [2.24, 2.45) is 10.3 Å². The van der Waals surface area contributed by atoms with Crippen molar-refractivity contribution in [2.75, 3.05) is 11.9 Å². The van der Waals surface area contributed by atoms with Gasteiger partial charge in [0.25, 0.3) is 0 Å². The first-order chi connectivity index (χ1) is 23.8. The highest BCUT2D eigenvalue weighted by atomic mass is 32.2. The van der Waals surface area contributed by atoms with Gasteiger partial charge in [-0.15, -0.1) is 0 Å². The molecule has 8 nitrogen and oxygen atoms in total. The standard InChI is InChI=1S/C39H38FN5O3S/c1-26-24-45-37(48-25-26)35(23-41-45)49(47,43-38(46)42-36-33-19-11-12-27(33)20-28-21-32(40)22-34(28)36)44-39(29-13-5-2-6-14-29,30-15-7-3-8-16-30)31-17-9-4-10-18-31/h2-10,13-18,20,23,26,32H,11-12,19,21-22,24-25H2,1H3,(H2,42,43,44,46,47)/t26-,32+,49+/m0/s1. The van der Waals surface area contributed by atoms with Gasteiger partial charge in [-0.3, -0.25) is 0 Å². The highest BCUT2D eigenvalue weighted by molar-refractivity contribution is 7.92. The Morgan fingerprint density at radius 2 is 1.55 bits per heavy atom. The quantitative estimate of drug-likeness (QED) is 0.176. The Bertz CT molecular complexity index is 2050. The molecule has 0 unspecified atom stereocenters. The lowest BCUT2D eigenvalue weighted by atomic mass is 9.78. The van der Waals surface area contributed by atoms with Gasteiger partial charge in [-0.05, 0) is 58.2 Å². The van der Waals surface area contributed by atoms with Gasteiger partial charge >= 0.3 is 6.03 Å². The highest BCUT2D eigenvalue weighted by Gasteiger charge is 2.41. The number of nitrogens with one attached hydrogen (secondary N) is 2. The zero-order chi connectivity index (χ0) is 33.6. The average molecular weight is 676 g/mol. The lowest BCUT2D eigenvalue weighted by molar-refractivity contribution is 0.170. The van der Waals surface area contributed by atoms with Crippen LogP contribution in [-0.4, -0.2) is 32.8 Å². The van der Waals surface area contributed by atoms with Crippen LogP contribution in [0.5, 0.6) is 5.88 Å². The lowest BCUT2D eigenvalue weighted by Crippen LogP contribution is -2.38. The van der Waals surface area contributed by atoms with Gasteiger partial charge < -0.3 is 10.1 Å². The summed E-state index contributed by atoms with van der Waals surface area (Å²) in [5, 5.41) is 7.60. The zero-order valence-corrected chi connectivity index (χ0v) is 28.1. The van der Waals surface area contributed by atoms with Crippen LogP contribution in [0.4, 0.5) is 14.9 Å². The molecule has 2 heterocycles. The number of alkyl halides is 1. The van der Waals surface area contributed by atoms with Crippen LogP contribution in [-0.2, 0) is 47.7 Å². The van der Waals surface area contributed by atoms with Gasteiger partial charge in [0.2, 0.25) is 5.88 Å². The number of rotatable bonds is 7. The van der Waals surface area contributed by atoms with E-state index in [1.54, 1.807) is 4.68 Å². The number of ether oxygens (including phenoxy) is 1. The molecule has 0 fully saturated rings. The van der Waals surface area contributed by atoms with E-state index in [-0.39, 0.29) is 17.2 Å². The molecule has 1 aliphatic heterocycles. The minimum absolute atomic E-state index is 0.189. The molecule has 10 heteroatoms. The van der Waals surface area contributed by atoms with Gasteiger partial charge in [0, 0.05) is 24.4 Å². The normalized spacial score (nSPS) is 19.1. The molecule has 250 valence electrons. The molecule has 0 saturated heterocycles. The number of halogens is 1. The Kier molecular flexibility index (Phi) is 7.98.